The van der Waals surface area contributed by atoms with Gasteiger partial charge in [0.15, 0.2) is 6.61 Å². The highest BCUT2D eigenvalue weighted by atomic mass is 35.5. The molecule has 1 aromatic carbocycles. The normalized spacial score (nSPS) is 10.3. The molecule has 6 nitrogen and oxygen atoms in total. The van der Waals surface area contributed by atoms with Crippen LogP contribution in [0.15, 0.2) is 24.3 Å². The van der Waals surface area contributed by atoms with Crippen molar-refractivity contribution in [3.05, 3.63) is 34.9 Å². The number of rotatable bonds is 9. The summed E-state index contributed by atoms with van der Waals surface area (Å²) in [6, 6.07) is 6.26. The maximum Gasteiger partial charge on any atom is 0.338 e. The van der Waals surface area contributed by atoms with Gasteiger partial charge in [-0.1, -0.05) is 11.6 Å². The predicted octanol–water partition coefficient (Wildman–Crippen LogP) is 1.62. The molecule has 1 aromatic rings. The number of benzene rings is 1. The number of carbonyl (C=O) groups is 2. The van der Waals surface area contributed by atoms with E-state index in [2.05, 4.69) is 0 Å². The molecular formula is C15H20ClNO5. The van der Waals surface area contributed by atoms with Crippen molar-refractivity contribution in [3.63, 3.8) is 0 Å². The number of esters is 1. The summed E-state index contributed by atoms with van der Waals surface area (Å²) in [4.78, 5) is 25.4. The highest BCUT2D eigenvalue weighted by Crippen LogP contribution is 2.10. The number of methoxy groups -OCH3 is 2. The van der Waals surface area contributed by atoms with Crippen LogP contribution in [0.3, 0.4) is 0 Å². The molecule has 22 heavy (non-hydrogen) atoms. The van der Waals surface area contributed by atoms with E-state index in [-0.39, 0.29) is 12.5 Å². The monoisotopic (exact) mass is 329 g/mol. The average Bonchev–Trinajstić information content (AvgIpc) is 2.53. The summed E-state index contributed by atoms with van der Waals surface area (Å²) < 4.78 is 14.9. The fraction of sp³-hybridized carbons (Fsp3) is 0.467. The van der Waals surface area contributed by atoms with Gasteiger partial charge in [-0.15, -0.1) is 0 Å². The van der Waals surface area contributed by atoms with E-state index >= 15 is 0 Å². The SMILES string of the molecule is COCCN(CCOC)C(=O)COC(=O)c1ccc(Cl)cc1. The third-order valence-electron chi connectivity index (χ3n) is 2.89. The minimum Gasteiger partial charge on any atom is -0.452 e. The number of nitrogens with zero attached hydrogens (tertiary/aromatic N) is 1. The first kappa shape index (κ1) is 18.4. The number of amides is 1. The van der Waals surface area contributed by atoms with E-state index < -0.39 is 5.97 Å². The zero-order valence-electron chi connectivity index (χ0n) is 12.7. The molecule has 0 aliphatic heterocycles. The molecule has 0 heterocycles. The Labute approximate surface area is 134 Å². The Morgan fingerprint density at radius 2 is 1.59 bits per heavy atom. The highest BCUT2D eigenvalue weighted by molar-refractivity contribution is 6.30. The van der Waals surface area contributed by atoms with Crippen LogP contribution in [0.4, 0.5) is 0 Å². The quantitative estimate of drug-likeness (QED) is 0.644. The summed E-state index contributed by atoms with van der Waals surface area (Å²) in [5.41, 5.74) is 0.345. The van der Waals surface area contributed by atoms with Crippen LogP contribution in [0.1, 0.15) is 10.4 Å². The van der Waals surface area contributed by atoms with Crippen LogP contribution in [-0.4, -0.2) is 63.9 Å². The van der Waals surface area contributed by atoms with Crippen LogP contribution in [0.25, 0.3) is 0 Å². The van der Waals surface area contributed by atoms with Crippen molar-refractivity contribution in [2.24, 2.45) is 0 Å². The maximum atomic E-state index is 12.1. The van der Waals surface area contributed by atoms with Crippen molar-refractivity contribution in [2.75, 3.05) is 47.1 Å². The Morgan fingerprint density at radius 3 is 2.09 bits per heavy atom. The second-order valence-electron chi connectivity index (χ2n) is 4.45. The summed E-state index contributed by atoms with van der Waals surface area (Å²) in [5, 5.41) is 0.526. The van der Waals surface area contributed by atoms with Crippen LogP contribution in [0.2, 0.25) is 5.02 Å². The maximum absolute atomic E-state index is 12.1. The minimum atomic E-state index is -0.566. The Hall–Kier alpha value is -1.63. The third kappa shape index (κ3) is 6.43. The molecule has 7 heteroatoms. The standard InChI is InChI=1S/C15H20ClNO5/c1-20-9-7-17(8-10-21-2)14(18)11-22-15(19)12-3-5-13(16)6-4-12/h3-6H,7-11H2,1-2H3. The lowest BCUT2D eigenvalue weighted by Gasteiger charge is -2.21. The molecule has 0 bridgehead atoms. The Balaban J connectivity index is 2.50. The minimum absolute atomic E-state index is 0.295. The summed E-state index contributed by atoms with van der Waals surface area (Å²) in [6.07, 6.45) is 0. The molecule has 1 rings (SSSR count). The smallest absolute Gasteiger partial charge is 0.338 e. The fourth-order valence-corrected chi connectivity index (χ4v) is 1.78. The van der Waals surface area contributed by atoms with Crippen LogP contribution < -0.4 is 0 Å². The first-order valence-electron chi connectivity index (χ1n) is 6.76. The molecule has 0 unspecified atom stereocenters. The second kappa shape index (κ2) is 10.2. The first-order chi connectivity index (χ1) is 10.6. The Bertz CT molecular complexity index is 469. The molecule has 0 spiro atoms. The fourth-order valence-electron chi connectivity index (χ4n) is 1.65. The predicted molar refractivity (Wildman–Crippen MR) is 82.1 cm³/mol. The van der Waals surface area contributed by atoms with Crippen molar-refractivity contribution in [3.8, 4) is 0 Å². The number of hydrogen-bond donors (Lipinski definition) is 0. The number of carbonyl (C=O) groups excluding carboxylic acids is 2. The van der Waals surface area contributed by atoms with Crippen molar-refractivity contribution >= 4 is 23.5 Å². The zero-order valence-corrected chi connectivity index (χ0v) is 13.5. The summed E-state index contributed by atoms with van der Waals surface area (Å²) in [6.45, 7) is 1.31. The van der Waals surface area contributed by atoms with E-state index in [0.717, 1.165) is 0 Å². The van der Waals surface area contributed by atoms with Crippen LogP contribution in [-0.2, 0) is 19.0 Å². The van der Waals surface area contributed by atoms with Gasteiger partial charge in [-0.05, 0) is 24.3 Å². The number of ether oxygens (including phenoxy) is 3. The highest BCUT2D eigenvalue weighted by Gasteiger charge is 2.16. The molecule has 0 saturated heterocycles. The van der Waals surface area contributed by atoms with Gasteiger partial charge in [-0.3, -0.25) is 4.79 Å². The van der Waals surface area contributed by atoms with Gasteiger partial charge < -0.3 is 19.1 Å². The Kier molecular flexibility index (Phi) is 8.50. The zero-order chi connectivity index (χ0) is 16.4. The molecule has 0 aliphatic rings. The van der Waals surface area contributed by atoms with Crippen LogP contribution >= 0.6 is 11.6 Å². The molecule has 0 atom stereocenters. The van der Waals surface area contributed by atoms with E-state index in [0.29, 0.717) is 36.9 Å². The first-order valence-corrected chi connectivity index (χ1v) is 7.14. The van der Waals surface area contributed by atoms with Gasteiger partial charge in [-0.25, -0.2) is 4.79 Å². The lowest BCUT2D eigenvalue weighted by atomic mass is 10.2. The molecule has 0 radical (unpaired) electrons. The topological polar surface area (TPSA) is 65.1 Å². The van der Waals surface area contributed by atoms with Crippen molar-refractivity contribution < 1.29 is 23.8 Å². The molecule has 0 N–H and O–H groups in total. The van der Waals surface area contributed by atoms with E-state index in [1.807, 2.05) is 0 Å². The summed E-state index contributed by atoms with van der Waals surface area (Å²) >= 11 is 5.75. The van der Waals surface area contributed by atoms with Crippen LogP contribution in [0.5, 0.6) is 0 Å². The van der Waals surface area contributed by atoms with E-state index in [4.69, 9.17) is 25.8 Å². The lowest BCUT2D eigenvalue weighted by molar-refractivity contribution is -0.135. The van der Waals surface area contributed by atoms with E-state index in [1.165, 1.54) is 4.90 Å². The largest absolute Gasteiger partial charge is 0.452 e. The lowest BCUT2D eigenvalue weighted by Crippen LogP contribution is -2.39. The Morgan fingerprint density at radius 1 is 1.05 bits per heavy atom. The van der Waals surface area contributed by atoms with Gasteiger partial charge in [0.05, 0.1) is 18.8 Å². The molecule has 0 aliphatic carbocycles. The van der Waals surface area contributed by atoms with Gasteiger partial charge in [-0.2, -0.15) is 0 Å². The average molecular weight is 330 g/mol. The summed E-state index contributed by atoms with van der Waals surface area (Å²) in [7, 11) is 3.11. The van der Waals surface area contributed by atoms with Crippen molar-refractivity contribution in [1.82, 2.24) is 4.90 Å². The number of halogens is 1. The summed E-state index contributed by atoms with van der Waals surface area (Å²) in [5.74, 6) is -0.861. The molecule has 0 aromatic heterocycles. The van der Waals surface area contributed by atoms with Crippen LogP contribution in [0, 0.1) is 0 Å². The van der Waals surface area contributed by atoms with E-state index in [1.54, 1.807) is 38.5 Å². The molecule has 122 valence electrons. The van der Waals surface area contributed by atoms with E-state index in [9.17, 15) is 9.59 Å². The van der Waals surface area contributed by atoms with Crippen molar-refractivity contribution in [2.45, 2.75) is 0 Å². The van der Waals surface area contributed by atoms with Gasteiger partial charge in [0.2, 0.25) is 0 Å². The molecular weight excluding hydrogens is 310 g/mol. The van der Waals surface area contributed by atoms with Crippen molar-refractivity contribution in [1.29, 1.82) is 0 Å². The molecule has 1 amide bonds. The third-order valence-corrected chi connectivity index (χ3v) is 3.14. The van der Waals surface area contributed by atoms with Gasteiger partial charge >= 0.3 is 5.97 Å². The molecule has 0 saturated carbocycles. The number of hydrogen-bond acceptors (Lipinski definition) is 5. The molecule has 0 fully saturated rings. The van der Waals surface area contributed by atoms with Gasteiger partial charge in [0.1, 0.15) is 0 Å². The van der Waals surface area contributed by atoms with Gasteiger partial charge in [0.25, 0.3) is 5.91 Å². The second-order valence-corrected chi connectivity index (χ2v) is 4.89. The van der Waals surface area contributed by atoms with Gasteiger partial charge in [0, 0.05) is 32.3 Å².